The van der Waals surface area contributed by atoms with Crippen LogP contribution in [0.1, 0.15) is 19.4 Å². The van der Waals surface area contributed by atoms with Crippen molar-refractivity contribution in [2.24, 2.45) is 5.73 Å². The summed E-state index contributed by atoms with van der Waals surface area (Å²) in [5, 5.41) is 5.14. The highest BCUT2D eigenvalue weighted by Gasteiger charge is 2.32. The lowest BCUT2D eigenvalue weighted by molar-refractivity contribution is -0.139. The molecule has 4 N–H and O–H groups in total. The maximum Gasteiger partial charge on any atom is 0.312 e. The van der Waals surface area contributed by atoms with Crippen LogP contribution in [0.2, 0.25) is 5.02 Å². The molecule has 1 aliphatic rings. The number of carbonyl (C=O) groups is 3. The van der Waals surface area contributed by atoms with E-state index in [4.69, 9.17) is 22.1 Å². The van der Waals surface area contributed by atoms with Crippen LogP contribution in [0.15, 0.2) is 42.5 Å². The van der Waals surface area contributed by atoms with Crippen LogP contribution in [0.3, 0.4) is 0 Å². The molecular formula is C24H29ClFN5O4. The zero-order valence-electron chi connectivity index (χ0n) is 19.6. The minimum absolute atomic E-state index is 0.0491. The second-order valence-corrected chi connectivity index (χ2v) is 8.93. The van der Waals surface area contributed by atoms with E-state index < -0.39 is 11.9 Å². The van der Waals surface area contributed by atoms with E-state index in [-0.39, 0.29) is 48.4 Å². The summed E-state index contributed by atoms with van der Waals surface area (Å²) in [7, 11) is 0. The third-order valence-corrected chi connectivity index (χ3v) is 5.96. The van der Waals surface area contributed by atoms with Gasteiger partial charge in [-0.15, -0.1) is 0 Å². The number of nitrogens with one attached hydrogen (secondary N) is 2. The molecule has 1 fully saturated rings. The summed E-state index contributed by atoms with van der Waals surface area (Å²) < 4.78 is 18.9. The predicted molar refractivity (Wildman–Crippen MR) is 131 cm³/mol. The van der Waals surface area contributed by atoms with Gasteiger partial charge in [-0.05, 0) is 49.7 Å². The Morgan fingerprint density at radius 3 is 2.51 bits per heavy atom. The highest BCUT2D eigenvalue weighted by molar-refractivity contribution is 6.31. The minimum atomic E-state index is -0.825. The number of anilines is 1. The van der Waals surface area contributed by atoms with E-state index in [9.17, 15) is 18.8 Å². The van der Waals surface area contributed by atoms with Crippen LogP contribution in [0.25, 0.3) is 0 Å². The Labute approximate surface area is 208 Å². The zero-order chi connectivity index (χ0) is 25.5. The van der Waals surface area contributed by atoms with Gasteiger partial charge in [-0.25, -0.2) is 9.18 Å². The fourth-order valence-corrected chi connectivity index (χ4v) is 4.07. The van der Waals surface area contributed by atoms with Gasteiger partial charge < -0.3 is 26.0 Å². The SMILES string of the molecule is C[C@@H]1CN(C(=O)COc2ccc(Cl)cc2NC(=O)CNC(N)=O)[C@@H](C)CN1Cc1ccc(F)cc1. The van der Waals surface area contributed by atoms with E-state index in [2.05, 4.69) is 15.5 Å². The maximum atomic E-state index is 13.2. The molecule has 4 amide bonds. The van der Waals surface area contributed by atoms with Crippen LogP contribution in [0.4, 0.5) is 14.9 Å². The van der Waals surface area contributed by atoms with E-state index in [0.29, 0.717) is 24.7 Å². The summed E-state index contributed by atoms with van der Waals surface area (Å²) in [6.07, 6.45) is 0. The van der Waals surface area contributed by atoms with Crippen LogP contribution in [-0.2, 0) is 16.1 Å². The zero-order valence-corrected chi connectivity index (χ0v) is 20.3. The van der Waals surface area contributed by atoms with Crippen molar-refractivity contribution < 1.29 is 23.5 Å². The van der Waals surface area contributed by atoms with E-state index in [1.807, 2.05) is 13.8 Å². The topological polar surface area (TPSA) is 117 Å². The van der Waals surface area contributed by atoms with Gasteiger partial charge in [0.25, 0.3) is 5.91 Å². The number of hydrogen-bond donors (Lipinski definition) is 3. The molecule has 9 nitrogen and oxygen atoms in total. The molecule has 2 aromatic rings. The van der Waals surface area contributed by atoms with Crippen LogP contribution in [0, 0.1) is 5.82 Å². The van der Waals surface area contributed by atoms with Crippen molar-refractivity contribution in [3.63, 3.8) is 0 Å². The lowest BCUT2D eigenvalue weighted by Gasteiger charge is -2.44. The number of hydrogen-bond acceptors (Lipinski definition) is 5. The third kappa shape index (κ3) is 7.56. The molecule has 0 aromatic heterocycles. The van der Waals surface area contributed by atoms with Crippen molar-refractivity contribution in [1.29, 1.82) is 0 Å². The lowest BCUT2D eigenvalue weighted by Crippen LogP contribution is -2.58. The average molecular weight is 506 g/mol. The number of piperazine rings is 1. The molecule has 2 aromatic carbocycles. The van der Waals surface area contributed by atoms with Crippen LogP contribution >= 0.6 is 11.6 Å². The second-order valence-electron chi connectivity index (χ2n) is 8.50. The molecule has 2 atom stereocenters. The summed E-state index contributed by atoms with van der Waals surface area (Å²) in [6, 6.07) is 10.3. The highest BCUT2D eigenvalue weighted by atomic mass is 35.5. The largest absolute Gasteiger partial charge is 0.482 e. The Hall–Kier alpha value is -3.37. The van der Waals surface area contributed by atoms with Gasteiger partial charge in [0.15, 0.2) is 6.61 Å². The molecule has 0 unspecified atom stereocenters. The van der Waals surface area contributed by atoms with Gasteiger partial charge in [0.2, 0.25) is 5.91 Å². The number of benzene rings is 2. The average Bonchev–Trinajstić information content (AvgIpc) is 2.80. The van der Waals surface area contributed by atoms with Gasteiger partial charge in [-0.2, -0.15) is 0 Å². The van der Waals surface area contributed by atoms with Gasteiger partial charge in [-0.3, -0.25) is 14.5 Å². The number of halogens is 2. The summed E-state index contributed by atoms with van der Waals surface area (Å²) in [5.41, 5.74) is 6.26. The lowest BCUT2D eigenvalue weighted by atomic mass is 10.1. The summed E-state index contributed by atoms with van der Waals surface area (Å²) in [6.45, 7) is 5.33. The van der Waals surface area contributed by atoms with Crippen LogP contribution < -0.4 is 21.1 Å². The fraction of sp³-hybridized carbons (Fsp3) is 0.375. The second kappa shape index (κ2) is 11.9. The molecule has 1 heterocycles. The molecule has 1 aliphatic heterocycles. The van der Waals surface area contributed by atoms with Gasteiger partial charge in [-0.1, -0.05) is 23.7 Å². The van der Waals surface area contributed by atoms with Gasteiger partial charge >= 0.3 is 6.03 Å². The first kappa shape index (κ1) is 26.2. The van der Waals surface area contributed by atoms with Crippen molar-refractivity contribution >= 4 is 35.1 Å². The quantitative estimate of drug-likeness (QED) is 0.510. The van der Waals surface area contributed by atoms with Crippen molar-refractivity contribution in [3.05, 3.63) is 58.9 Å². The number of nitrogens with two attached hydrogens (primary N) is 1. The number of urea groups is 1. The minimum Gasteiger partial charge on any atom is -0.482 e. The van der Waals surface area contributed by atoms with Gasteiger partial charge in [0.05, 0.1) is 12.2 Å². The fourth-order valence-electron chi connectivity index (χ4n) is 3.90. The van der Waals surface area contributed by atoms with Crippen molar-refractivity contribution in [2.45, 2.75) is 32.5 Å². The Kier molecular flexibility index (Phi) is 8.89. The normalized spacial score (nSPS) is 18.1. The summed E-state index contributed by atoms with van der Waals surface area (Å²) in [5.74, 6) is -0.711. The van der Waals surface area contributed by atoms with Crippen molar-refractivity contribution in [3.8, 4) is 5.75 Å². The van der Waals surface area contributed by atoms with Crippen LogP contribution in [-0.4, -0.2) is 66.0 Å². The third-order valence-electron chi connectivity index (χ3n) is 5.72. The Morgan fingerprint density at radius 1 is 1.11 bits per heavy atom. The number of carbonyl (C=O) groups excluding carboxylic acids is 3. The van der Waals surface area contributed by atoms with E-state index in [1.54, 1.807) is 29.2 Å². The molecular weight excluding hydrogens is 477 g/mol. The number of amides is 4. The molecule has 3 rings (SSSR count). The first-order valence-electron chi connectivity index (χ1n) is 11.2. The predicted octanol–water partition coefficient (Wildman–Crippen LogP) is 2.59. The molecule has 1 saturated heterocycles. The molecule has 188 valence electrons. The molecule has 11 heteroatoms. The van der Waals surface area contributed by atoms with E-state index in [1.165, 1.54) is 18.2 Å². The number of ether oxygens (including phenoxy) is 1. The molecule has 0 spiro atoms. The van der Waals surface area contributed by atoms with Gasteiger partial charge in [0.1, 0.15) is 11.6 Å². The Bertz CT molecular complexity index is 1070. The monoisotopic (exact) mass is 505 g/mol. The molecule has 0 bridgehead atoms. The molecule has 0 saturated carbocycles. The highest BCUT2D eigenvalue weighted by Crippen LogP contribution is 2.28. The smallest absolute Gasteiger partial charge is 0.312 e. The number of rotatable bonds is 8. The Morgan fingerprint density at radius 2 is 1.83 bits per heavy atom. The molecule has 0 aliphatic carbocycles. The first-order valence-corrected chi connectivity index (χ1v) is 11.5. The number of nitrogens with zero attached hydrogens (tertiary/aromatic N) is 2. The standard InChI is InChI=1S/C24H29ClFN5O4/c1-15-12-31(16(2)11-30(15)13-17-3-6-19(26)7-4-17)23(33)14-35-21-8-5-18(25)9-20(21)29-22(32)10-28-24(27)34/h3-9,15-16H,10-14H2,1-2H3,(H,29,32)(H3,27,28,34)/t15-,16+/m1/s1. The van der Waals surface area contributed by atoms with Crippen LogP contribution in [0.5, 0.6) is 5.75 Å². The van der Waals surface area contributed by atoms with Crippen molar-refractivity contribution in [2.75, 3.05) is 31.6 Å². The summed E-state index contributed by atoms with van der Waals surface area (Å²) in [4.78, 5) is 39.9. The van der Waals surface area contributed by atoms with Gasteiger partial charge in [0, 0.05) is 36.7 Å². The number of primary amides is 1. The van der Waals surface area contributed by atoms with E-state index in [0.717, 1.165) is 5.56 Å². The molecule has 0 radical (unpaired) electrons. The first-order chi connectivity index (χ1) is 16.6. The van der Waals surface area contributed by atoms with E-state index >= 15 is 0 Å². The van der Waals surface area contributed by atoms with Crippen molar-refractivity contribution in [1.82, 2.24) is 15.1 Å². The molecule has 35 heavy (non-hydrogen) atoms. The summed E-state index contributed by atoms with van der Waals surface area (Å²) >= 11 is 6.03. The Balaban J connectivity index is 1.58. The maximum absolute atomic E-state index is 13.2.